The molecule has 0 aliphatic heterocycles. The molecule has 0 aromatic carbocycles. The fraction of sp³-hybridized carbons (Fsp3) is 0.600. The highest BCUT2D eigenvalue weighted by Crippen LogP contribution is 2.33. The first-order valence-electron chi connectivity index (χ1n) is 7.52. The Kier molecular flexibility index (Phi) is 5.36. The van der Waals surface area contributed by atoms with Crippen LogP contribution in [0.5, 0.6) is 0 Å². The van der Waals surface area contributed by atoms with Crippen molar-refractivity contribution < 1.29 is 5.11 Å². The van der Waals surface area contributed by atoms with Crippen LogP contribution in [0.4, 0.5) is 11.8 Å². The molecule has 21 heavy (non-hydrogen) atoms. The zero-order valence-corrected chi connectivity index (χ0v) is 14.0. The van der Waals surface area contributed by atoms with Gasteiger partial charge in [0.05, 0.1) is 12.0 Å². The molecule has 2 N–H and O–H groups in total. The van der Waals surface area contributed by atoms with E-state index in [2.05, 4.69) is 47.0 Å². The summed E-state index contributed by atoms with van der Waals surface area (Å²) in [5, 5.41) is 13.6. The molecule has 0 aliphatic carbocycles. The monoisotopic (exact) mass is 308 g/mol. The van der Waals surface area contributed by atoms with Crippen LogP contribution in [-0.2, 0) is 6.42 Å². The Morgan fingerprint density at radius 1 is 1.33 bits per heavy atom. The highest BCUT2D eigenvalue weighted by molar-refractivity contribution is 7.18. The predicted octanol–water partition coefficient (Wildman–Crippen LogP) is 2.89. The van der Waals surface area contributed by atoms with Gasteiger partial charge in [0.25, 0.3) is 0 Å². The second kappa shape index (κ2) is 7.04. The van der Waals surface area contributed by atoms with E-state index in [9.17, 15) is 5.11 Å². The Morgan fingerprint density at radius 2 is 2.10 bits per heavy atom. The molecule has 0 amide bonds. The Labute approximate surface area is 130 Å². The summed E-state index contributed by atoms with van der Waals surface area (Å²) in [6.45, 7) is 9.90. The van der Waals surface area contributed by atoms with E-state index in [0.717, 1.165) is 29.0 Å². The SMILES string of the molecule is CCNc1nc(N(CCO)C(C)C)c2cc(CC)sc2n1. The van der Waals surface area contributed by atoms with Crippen LogP contribution in [-0.4, -0.2) is 40.8 Å². The highest BCUT2D eigenvalue weighted by Gasteiger charge is 2.18. The van der Waals surface area contributed by atoms with E-state index in [0.29, 0.717) is 12.5 Å². The lowest BCUT2D eigenvalue weighted by Gasteiger charge is -2.27. The number of anilines is 2. The van der Waals surface area contributed by atoms with Gasteiger partial charge in [0.15, 0.2) is 0 Å². The average Bonchev–Trinajstić information content (AvgIpc) is 2.87. The molecule has 0 fully saturated rings. The summed E-state index contributed by atoms with van der Waals surface area (Å²) >= 11 is 1.72. The molecule has 2 aromatic rings. The third-order valence-corrected chi connectivity index (χ3v) is 4.52. The van der Waals surface area contributed by atoms with Crippen molar-refractivity contribution in [3.63, 3.8) is 0 Å². The molecule has 2 aromatic heterocycles. The van der Waals surface area contributed by atoms with Crippen molar-refractivity contribution in [1.29, 1.82) is 0 Å². The summed E-state index contributed by atoms with van der Waals surface area (Å²) < 4.78 is 0. The van der Waals surface area contributed by atoms with Gasteiger partial charge in [-0.25, -0.2) is 4.98 Å². The molecule has 0 aliphatic rings. The molecule has 0 unspecified atom stereocenters. The van der Waals surface area contributed by atoms with E-state index in [1.54, 1.807) is 11.3 Å². The number of aliphatic hydroxyl groups excluding tert-OH is 1. The number of nitrogens with one attached hydrogen (secondary N) is 1. The second-order valence-corrected chi connectivity index (χ2v) is 6.31. The van der Waals surface area contributed by atoms with E-state index in [1.165, 1.54) is 4.88 Å². The summed E-state index contributed by atoms with van der Waals surface area (Å²) in [7, 11) is 0. The van der Waals surface area contributed by atoms with Gasteiger partial charge >= 0.3 is 0 Å². The number of rotatable bonds is 7. The van der Waals surface area contributed by atoms with Gasteiger partial charge in [-0.2, -0.15) is 4.98 Å². The third kappa shape index (κ3) is 3.44. The maximum Gasteiger partial charge on any atom is 0.226 e. The Hall–Kier alpha value is -1.40. The molecule has 2 heterocycles. The first-order valence-corrected chi connectivity index (χ1v) is 8.34. The number of aryl methyl sites for hydroxylation is 1. The van der Waals surface area contributed by atoms with Crippen molar-refractivity contribution >= 4 is 33.3 Å². The zero-order chi connectivity index (χ0) is 15.4. The summed E-state index contributed by atoms with van der Waals surface area (Å²) in [4.78, 5) is 13.7. The van der Waals surface area contributed by atoms with Crippen molar-refractivity contribution in [3.8, 4) is 0 Å². The molecular formula is C15H24N4OS. The van der Waals surface area contributed by atoms with Gasteiger partial charge in [0.1, 0.15) is 10.6 Å². The molecule has 6 heteroatoms. The molecular weight excluding hydrogens is 284 g/mol. The first-order chi connectivity index (χ1) is 10.1. The van der Waals surface area contributed by atoms with E-state index < -0.39 is 0 Å². The Morgan fingerprint density at radius 3 is 2.67 bits per heavy atom. The minimum absolute atomic E-state index is 0.116. The largest absolute Gasteiger partial charge is 0.395 e. The number of hydrogen-bond acceptors (Lipinski definition) is 6. The number of nitrogens with zero attached hydrogens (tertiary/aromatic N) is 3. The van der Waals surface area contributed by atoms with Gasteiger partial charge in [-0.1, -0.05) is 6.92 Å². The molecule has 0 atom stereocenters. The van der Waals surface area contributed by atoms with Gasteiger partial charge in [-0.15, -0.1) is 11.3 Å². The fourth-order valence-corrected chi connectivity index (χ4v) is 3.26. The molecule has 116 valence electrons. The summed E-state index contributed by atoms with van der Waals surface area (Å²) in [5.41, 5.74) is 0. The Bertz CT molecular complexity index is 597. The summed E-state index contributed by atoms with van der Waals surface area (Å²) in [6.07, 6.45) is 0.999. The molecule has 0 radical (unpaired) electrons. The second-order valence-electron chi connectivity index (χ2n) is 5.20. The normalized spacial score (nSPS) is 11.3. The van der Waals surface area contributed by atoms with E-state index >= 15 is 0 Å². The molecule has 2 rings (SSSR count). The molecule has 0 saturated carbocycles. The van der Waals surface area contributed by atoms with Crippen molar-refractivity contribution in [2.75, 3.05) is 29.9 Å². The minimum atomic E-state index is 0.116. The van der Waals surface area contributed by atoms with Gasteiger partial charge in [0.2, 0.25) is 5.95 Å². The number of thiophene rings is 1. The van der Waals surface area contributed by atoms with Crippen LogP contribution in [0.3, 0.4) is 0 Å². The number of aliphatic hydroxyl groups is 1. The topological polar surface area (TPSA) is 61.3 Å². The highest BCUT2D eigenvalue weighted by atomic mass is 32.1. The van der Waals surface area contributed by atoms with Crippen LogP contribution < -0.4 is 10.2 Å². The average molecular weight is 308 g/mol. The summed E-state index contributed by atoms with van der Waals surface area (Å²) in [5.74, 6) is 1.57. The number of fused-ring (bicyclic) bond motifs is 1. The van der Waals surface area contributed by atoms with Gasteiger partial charge < -0.3 is 15.3 Å². The van der Waals surface area contributed by atoms with Crippen LogP contribution >= 0.6 is 11.3 Å². The predicted molar refractivity (Wildman–Crippen MR) is 90.5 cm³/mol. The van der Waals surface area contributed by atoms with Crippen LogP contribution in [0.25, 0.3) is 10.2 Å². The lowest BCUT2D eigenvalue weighted by atomic mass is 10.2. The van der Waals surface area contributed by atoms with Crippen molar-refractivity contribution in [2.24, 2.45) is 0 Å². The van der Waals surface area contributed by atoms with Crippen LogP contribution in [0, 0.1) is 0 Å². The maximum absolute atomic E-state index is 9.34. The molecule has 0 saturated heterocycles. The molecule has 0 spiro atoms. The van der Waals surface area contributed by atoms with Gasteiger partial charge in [-0.3, -0.25) is 0 Å². The van der Waals surface area contributed by atoms with Crippen LogP contribution in [0.1, 0.15) is 32.6 Å². The van der Waals surface area contributed by atoms with Crippen molar-refractivity contribution in [1.82, 2.24) is 9.97 Å². The lowest BCUT2D eigenvalue weighted by Crippen LogP contribution is -2.34. The van der Waals surface area contributed by atoms with Gasteiger partial charge in [0, 0.05) is 24.0 Å². The summed E-state index contributed by atoms with van der Waals surface area (Å²) in [6, 6.07) is 2.45. The van der Waals surface area contributed by atoms with Crippen molar-refractivity contribution in [3.05, 3.63) is 10.9 Å². The molecule has 0 bridgehead atoms. The quantitative estimate of drug-likeness (QED) is 0.823. The number of aromatic nitrogens is 2. The number of hydrogen-bond donors (Lipinski definition) is 2. The lowest BCUT2D eigenvalue weighted by molar-refractivity contribution is 0.299. The van der Waals surface area contributed by atoms with Gasteiger partial charge in [-0.05, 0) is 33.3 Å². The van der Waals surface area contributed by atoms with E-state index in [1.807, 2.05) is 6.92 Å². The first kappa shape index (κ1) is 16.0. The third-order valence-electron chi connectivity index (χ3n) is 3.34. The maximum atomic E-state index is 9.34. The van der Waals surface area contributed by atoms with Crippen LogP contribution in [0.15, 0.2) is 6.07 Å². The minimum Gasteiger partial charge on any atom is -0.395 e. The zero-order valence-electron chi connectivity index (χ0n) is 13.2. The van der Waals surface area contributed by atoms with Crippen LogP contribution in [0.2, 0.25) is 0 Å². The van der Waals surface area contributed by atoms with Crippen molar-refractivity contribution in [2.45, 2.75) is 40.2 Å². The Balaban J connectivity index is 2.58. The molecule has 5 nitrogen and oxygen atoms in total. The fourth-order valence-electron chi connectivity index (χ4n) is 2.30. The smallest absolute Gasteiger partial charge is 0.226 e. The standard InChI is InChI=1S/C15H24N4OS/c1-5-11-9-12-13(19(7-8-20)10(3)4)17-15(16-6-2)18-14(12)21-11/h9-10,20H,5-8H2,1-4H3,(H,16,17,18). The van der Waals surface area contributed by atoms with E-state index in [4.69, 9.17) is 0 Å². The van der Waals surface area contributed by atoms with E-state index in [-0.39, 0.29) is 12.6 Å².